The van der Waals surface area contributed by atoms with Crippen LogP contribution in [0.1, 0.15) is 39.3 Å². The highest BCUT2D eigenvalue weighted by molar-refractivity contribution is 5.49. The van der Waals surface area contributed by atoms with E-state index in [1.807, 2.05) is 0 Å². The van der Waals surface area contributed by atoms with Crippen LogP contribution in [-0.4, -0.2) is 23.1 Å². The quantitative estimate of drug-likeness (QED) is 0.762. The van der Waals surface area contributed by atoms with Gasteiger partial charge in [0.25, 0.3) is 0 Å². The lowest BCUT2D eigenvalue weighted by molar-refractivity contribution is 0.198. The van der Waals surface area contributed by atoms with Gasteiger partial charge < -0.3 is 4.90 Å². The summed E-state index contributed by atoms with van der Waals surface area (Å²) in [5, 5.41) is 9.05. The maximum Gasteiger partial charge on any atom is 0.183 e. The molecule has 1 aromatic heterocycles. The zero-order valence-electron chi connectivity index (χ0n) is 11.3. The maximum atomic E-state index is 9.05. The van der Waals surface area contributed by atoms with Crippen LogP contribution in [0.15, 0.2) is 12.4 Å². The van der Waals surface area contributed by atoms with Crippen LogP contribution in [0.5, 0.6) is 0 Å². The average molecular weight is 244 g/mol. The van der Waals surface area contributed by atoms with Crippen LogP contribution in [0, 0.1) is 22.7 Å². The van der Waals surface area contributed by atoms with E-state index in [2.05, 4.69) is 41.7 Å². The topological polar surface area (TPSA) is 52.8 Å². The minimum Gasteiger partial charge on any atom is -0.354 e. The average Bonchev–Trinajstić information content (AvgIpc) is 2.38. The van der Waals surface area contributed by atoms with Gasteiger partial charge in [-0.2, -0.15) is 5.26 Å². The summed E-state index contributed by atoms with van der Waals surface area (Å²) in [5.74, 6) is 1.49. The van der Waals surface area contributed by atoms with Crippen LogP contribution in [0.3, 0.4) is 0 Å². The number of aromatic nitrogens is 2. The van der Waals surface area contributed by atoms with Gasteiger partial charge in [0.05, 0.1) is 0 Å². The minimum atomic E-state index is 0.368. The first-order valence-electron chi connectivity index (χ1n) is 6.48. The number of nitrogens with zero attached hydrogens (tertiary/aromatic N) is 4. The Labute approximate surface area is 109 Å². The van der Waals surface area contributed by atoms with Gasteiger partial charge in [0.1, 0.15) is 6.07 Å². The van der Waals surface area contributed by atoms with E-state index in [-0.39, 0.29) is 0 Å². The van der Waals surface area contributed by atoms with Crippen molar-refractivity contribution in [1.82, 2.24) is 9.97 Å². The summed E-state index contributed by atoms with van der Waals surface area (Å²) in [7, 11) is 0. The number of rotatable bonds is 1. The van der Waals surface area contributed by atoms with Crippen molar-refractivity contribution >= 4 is 5.82 Å². The molecule has 0 spiro atoms. The van der Waals surface area contributed by atoms with Crippen molar-refractivity contribution in [2.75, 3.05) is 18.0 Å². The Kier molecular flexibility index (Phi) is 3.51. The number of piperidine rings is 1. The monoisotopic (exact) mass is 244 g/mol. The molecule has 2 rings (SSSR count). The molecule has 0 bridgehead atoms. The van der Waals surface area contributed by atoms with E-state index in [0.717, 1.165) is 37.7 Å². The molecule has 1 aliphatic heterocycles. The Hall–Kier alpha value is -1.63. The van der Waals surface area contributed by atoms with Crippen molar-refractivity contribution in [3.05, 3.63) is 18.1 Å². The van der Waals surface area contributed by atoms with Crippen LogP contribution < -0.4 is 4.90 Å². The lowest BCUT2D eigenvalue weighted by Gasteiger charge is -2.39. The Morgan fingerprint density at radius 3 is 2.39 bits per heavy atom. The second kappa shape index (κ2) is 4.93. The zero-order chi connectivity index (χ0) is 13.2. The summed E-state index contributed by atoms with van der Waals surface area (Å²) in [4.78, 5) is 10.6. The fourth-order valence-electron chi connectivity index (χ4n) is 2.60. The molecule has 1 aliphatic rings. The van der Waals surface area contributed by atoms with Crippen LogP contribution >= 0.6 is 0 Å². The van der Waals surface area contributed by atoms with E-state index < -0.39 is 0 Å². The molecule has 0 aliphatic carbocycles. The Morgan fingerprint density at radius 2 is 1.83 bits per heavy atom. The third kappa shape index (κ3) is 2.61. The summed E-state index contributed by atoms with van der Waals surface area (Å²) in [6.07, 6.45) is 5.55. The molecular formula is C14H20N4. The lowest BCUT2D eigenvalue weighted by Crippen LogP contribution is -2.38. The molecular weight excluding hydrogens is 224 g/mol. The van der Waals surface area contributed by atoms with Crippen LogP contribution in [0.4, 0.5) is 5.82 Å². The van der Waals surface area contributed by atoms with E-state index >= 15 is 0 Å². The minimum absolute atomic E-state index is 0.368. The second-order valence-electron chi connectivity index (χ2n) is 5.97. The van der Waals surface area contributed by atoms with E-state index in [4.69, 9.17) is 5.26 Å². The molecule has 0 saturated carbocycles. The number of hydrogen-bond acceptors (Lipinski definition) is 4. The van der Waals surface area contributed by atoms with Crippen molar-refractivity contribution in [2.24, 2.45) is 11.3 Å². The van der Waals surface area contributed by atoms with E-state index in [1.165, 1.54) is 0 Å². The molecule has 0 unspecified atom stereocenters. The Balaban J connectivity index is 2.09. The molecule has 4 heteroatoms. The van der Waals surface area contributed by atoms with Crippen molar-refractivity contribution in [3.8, 4) is 6.07 Å². The summed E-state index contributed by atoms with van der Waals surface area (Å²) < 4.78 is 0. The molecule has 4 nitrogen and oxygen atoms in total. The highest BCUT2D eigenvalue weighted by atomic mass is 15.2. The highest BCUT2D eigenvalue weighted by Crippen LogP contribution is 2.35. The number of anilines is 1. The van der Waals surface area contributed by atoms with Crippen LogP contribution in [0.2, 0.25) is 0 Å². The summed E-state index contributed by atoms with van der Waals surface area (Å²) in [6, 6.07) is 2.12. The van der Waals surface area contributed by atoms with Gasteiger partial charge in [0.15, 0.2) is 11.5 Å². The predicted octanol–water partition coefficient (Wildman–Crippen LogP) is 2.61. The first kappa shape index (κ1) is 12.8. The normalized spacial score (nSPS) is 17.6. The van der Waals surface area contributed by atoms with Gasteiger partial charge in [0, 0.05) is 25.5 Å². The third-order valence-corrected chi connectivity index (χ3v) is 3.80. The Bertz CT molecular complexity index is 448. The highest BCUT2D eigenvalue weighted by Gasteiger charge is 2.29. The van der Waals surface area contributed by atoms with Gasteiger partial charge in [-0.25, -0.2) is 9.97 Å². The molecule has 1 saturated heterocycles. The summed E-state index contributed by atoms with van der Waals surface area (Å²) in [6.45, 7) is 8.84. The fourth-order valence-corrected chi connectivity index (χ4v) is 2.60. The molecule has 18 heavy (non-hydrogen) atoms. The lowest BCUT2D eigenvalue weighted by atomic mass is 9.75. The van der Waals surface area contributed by atoms with Crippen molar-refractivity contribution < 1.29 is 0 Å². The summed E-state index contributed by atoms with van der Waals surface area (Å²) >= 11 is 0. The maximum absolute atomic E-state index is 9.05. The van der Waals surface area contributed by atoms with Gasteiger partial charge in [-0.15, -0.1) is 0 Å². The van der Waals surface area contributed by atoms with Gasteiger partial charge in [-0.05, 0) is 24.2 Å². The molecule has 2 heterocycles. The SMILES string of the molecule is CC(C)(C)C1CCN(c2nccnc2C#N)CC1. The molecule has 1 aromatic rings. The number of nitriles is 1. The van der Waals surface area contributed by atoms with Gasteiger partial charge in [-0.1, -0.05) is 20.8 Å². The largest absolute Gasteiger partial charge is 0.354 e. The predicted molar refractivity (Wildman–Crippen MR) is 71.1 cm³/mol. The smallest absolute Gasteiger partial charge is 0.183 e. The molecule has 1 fully saturated rings. The van der Waals surface area contributed by atoms with Crippen LogP contribution in [-0.2, 0) is 0 Å². The zero-order valence-corrected chi connectivity index (χ0v) is 11.3. The molecule has 0 atom stereocenters. The molecule has 96 valence electrons. The van der Waals surface area contributed by atoms with Gasteiger partial charge >= 0.3 is 0 Å². The first-order chi connectivity index (χ1) is 8.52. The van der Waals surface area contributed by atoms with Crippen molar-refractivity contribution in [1.29, 1.82) is 5.26 Å². The van der Waals surface area contributed by atoms with Gasteiger partial charge in [0.2, 0.25) is 0 Å². The van der Waals surface area contributed by atoms with E-state index in [0.29, 0.717) is 11.1 Å². The molecule has 0 N–H and O–H groups in total. The second-order valence-corrected chi connectivity index (χ2v) is 5.97. The molecule has 0 aromatic carbocycles. The Morgan fingerprint density at radius 1 is 1.22 bits per heavy atom. The third-order valence-electron chi connectivity index (χ3n) is 3.80. The summed E-state index contributed by atoms with van der Waals surface area (Å²) in [5.41, 5.74) is 0.804. The van der Waals surface area contributed by atoms with Crippen molar-refractivity contribution in [3.63, 3.8) is 0 Å². The van der Waals surface area contributed by atoms with Crippen LogP contribution in [0.25, 0.3) is 0 Å². The van der Waals surface area contributed by atoms with E-state index in [1.54, 1.807) is 12.4 Å². The molecule has 0 radical (unpaired) electrons. The van der Waals surface area contributed by atoms with E-state index in [9.17, 15) is 0 Å². The standard InChI is InChI=1S/C14H20N4/c1-14(2,3)11-4-8-18(9-5-11)13-12(10-15)16-6-7-17-13/h6-7,11H,4-5,8-9H2,1-3H3. The first-order valence-corrected chi connectivity index (χ1v) is 6.48. The fraction of sp³-hybridized carbons (Fsp3) is 0.643. The van der Waals surface area contributed by atoms with Crippen molar-refractivity contribution in [2.45, 2.75) is 33.6 Å². The number of hydrogen-bond donors (Lipinski definition) is 0. The molecule has 0 amide bonds. The van der Waals surface area contributed by atoms with Gasteiger partial charge in [-0.3, -0.25) is 0 Å².